The number of aryl methyl sites for hydroxylation is 1. The highest BCUT2D eigenvalue weighted by Crippen LogP contribution is 2.31. The molecule has 7 nitrogen and oxygen atoms in total. The number of rotatable bonds is 5. The third-order valence-electron chi connectivity index (χ3n) is 6.33. The van der Waals surface area contributed by atoms with E-state index in [4.69, 9.17) is 0 Å². The Labute approximate surface area is 187 Å². The minimum absolute atomic E-state index is 0.0143. The van der Waals surface area contributed by atoms with Gasteiger partial charge in [0.25, 0.3) is 5.56 Å². The zero-order chi connectivity index (χ0) is 23.0. The van der Waals surface area contributed by atoms with Gasteiger partial charge in [0.2, 0.25) is 0 Å². The van der Waals surface area contributed by atoms with Gasteiger partial charge in [-0.2, -0.15) is 0 Å². The summed E-state index contributed by atoms with van der Waals surface area (Å²) in [6, 6.07) is 12.8. The molecule has 2 N–H and O–H groups in total. The first-order chi connectivity index (χ1) is 15.3. The highest BCUT2D eigenvalue weighted by atomic mass is 16.4. The van der Waals surface area contributed by atoms with Crippen molar-refractivity contribution in [2.24, 2.45) is 7.05 Å². The summed E-state index contributed by atoms with van der Waals surface area (Å²) in [6.45, 7) is 7.63. The van der Waals surface area contributed by atoms with Gasteiger partial charge in [-0.15, -0.1) is 0 Å². The average Bonchev–Trinajstić information content (AvgIpc) is 2.77. The van der Waals surface area contributed by atoms with Gasteiger partial charge in [-0.05, 0) is 61.7 Å². The van der Waals surface area contributed by atoms with Gasteiger partial charge in [0.05, 0.1) is 5.56 Å². The van der Waals surface area contributed by atoms with Gasteiger partial charge in [0, 0.05) is 50.3 Å². The van der Waals surface area contributed by atoms with E-state index in [0.717, 1.165) is 48.5 Å². The molecular weight excluding hydrogens is 404 g/mol. The molecule has 1 saturated heterocycles. The fourth-order valence-corrected chi connectivity index (χ4v) is 4.48. The molecule has 1 aliphatic rings. The molecule has 1 unspecified atom stereocenters. The molecule has 1 aliphatic heterocycles. The molecular formula is C25H30N4O3. The summed E-state index contributed by atoms with van der Waals surface area (Å²) in [6.07, 6.45) is 0. The van der Waals surface area contributed by atoms with Crippen molar-refractivity contribution < 1.29 is 9.90 Å². The van der Waals surface area contributed by atoms with Crippen molar-refractivity contribution in [3.63, 3.8) is 0 Å². The van der Waals surface area contributed by atoms with E-state index in [0.29, 0.717) is 11.1 Å². The maximum atomic E-state index is 13.3. The lowest BCUT2D eigenvalue weighted by atomic mass is 9.97. The second-order valence-corrected chi connectivity index (χ2v) is 8.69. The van der Waals surface area contributed by atoms with E-state index in [9.17, 15) is 14.7 Å². The van der Waals surface area contributed by atoms with E-state index in [2.05, 4.69) is 34.3 Å². The topological polar surface area (TPSA) is 77.8 Å². The summed E-state index contributed by atoms with van der Waals surface area (Å²) in [5, 5.41) is 14.5. The summed E-state index contributed by atoms with van der Waals surface area (Å²) in [5.41, 5.74) is 2.75. The zero-order valence-corrected chi connectivity index (χ0v) is 19.1. The molecule has 1 aromatic heterocycles. The molecule has 0 spiro atoms. The van der Waals surface area contributed by atoms with Crippen LogP contribution in [0.1, 0.15) is 34.5 Å². The number of piperazine rings is 1. The Bertz CT molecular complexity index is 1230. The first kappa shape index (κ1) is 21.9. The lowest BCUT2D eigenvalue weighted by molar-refractivity contribution is 0.0698. The van der Waals surface area contributed by atoms with Gasteiger partial charge in [-0.1, -0.05) is 18.2 Å². The molecule has 0 bridgehead atoms. The molecule has 168 valence electrons. The predicted molar refractivity (Wildman–Crippen MR) is 129 cm³/mol. The van der Waals surface area contributed by atoms with Crippen molar-refractivity contribution in [1.82, 2.24) is 9.47 Å². The van der Waals surface area contributed by atoms with Crippen LogP contribution in [0.4, 0.5) is 11.5 Å². The van der Waals surface area contributed by atoms with Gasteiger partial charge in [0.1, 0.15) is 5.82 Å². The quantitative estimate of drug-likeness (QED) is 0.640. The number of nitrogens with zero attached hydrogens (tertiary/aromatic N) is 3. The van der Waals surface area contributed by atoms with E-state index >= 15 is 0 Å². The Hall–Kier alpha value is -3.32. The van der Waals surface area contributed by atoms with E-state index in [1.54, 1.807) is 22.8 Å². The van der Waals surface area contributed by atoms with Gasteiger partial charge < -0.3 is 20.2 Å². The predicted octanol–water partition coefficient (Wildman–Crippen LogP) is 3.47. The smallest absolute Gasteiger partial charge is 0.337 e. The Morgan fingerprint density at radius 1 is 1.03 bits per heavy atom. The molecule has 32 heavy (non-hydrogen) atoms. The number of anilines is 2. The van der Waals surface area contributed by atoms with Crippen LogP contribution in [-0.4, -0.2) is 53.8 Å². The number of hydrogen-bond acceptors (Lipinski definition) is 5. The largest absolute Gasteiger partial charge is 0.478 e. The second-order valence-electron chi connectivity index (χ2n) is 8.69. The maximum absolute atomic E-state index is 13.3. The summed E-state index contributed by atoms with van der Waals surface area (Å²) in [4.78, 5) is 29.5. The Kier molecular flexibility index (Phi) is 5.93. The monoisotopic (exact) mass is 434 g/mol. The van der Waals surface area contributed by atoms with Crippen molar-refractivity contribution in [1.29, 1.82) is 0 Å². The minimum atomic E-state index is -0.972. The van der Waals surface area contributed by atoms with E-state index in [1.807, 2.05) is 33.0 Å². The van der Waals surface area contributed by atoms with Gasteiger partial charge in [0.15, 0.2) is 0 Å². The second kappa shape index (κ2) is 8.67. The van der Waals surface area contributed by atoms with Crippen molar-refractivity contribution >= 4 is 28.2 Å². The third-order valence-corrected chi connectivity index (χ3v) is 6.33. The van der Waals surface area contributed by atoms with Crippen LogP contribution in [0.2, 0.25) is 0 Å². The van der Waals surface area contributed by atoms with Crippen LogP contribution in [0.5, 0.6) is 0 Å². The Morgan fingerprint density at radius 3 is 2.41 bits per heavy atom. The number of fused-ring (bicyclic) bond motifs is 1. The number of benzene rings is 2. The fraction of sp³-hybridized carbons (Fsp3) is 0.360. The Morgan fingerprint density at radius 2 is 1.72 bits per heavy atom. The minimum Gasteiger partial charge on any atom is -0.478 e. The number of nitrogens with one attached hydrogen (secondary N) is 1. The van der Waals surface area contributed by atoms with Gasteiger partial charge >= 0.3 is 5.97 Å². The van der Waals surface area contributed by atoms with Crippen LogP contribution in [-0.2, 0) is 7.05 Å². The third kappa shape index (κ3) is 4.08. The molecule has 0 saturated carbocycles. The number of aromatic carboxylic acids is 1. The molecule has 0 aliphatic carbocycles. The van der Waals surface area contributed by atoms with Crippen LogP contribution in [0.25, 0.3) is 10.8 Å². The van der Waals surface area contributed by atoms with Crippen LogP contribution < -0.4 is 15.8 Å². The standard InChI is InChI=1S/C25H30N4O3/c1-16-13-19(17(2)26-22-8-6-5-7-18(22)25(31)32)20-15-23(28(4)24(30)21(20)14-16)29-11-9-27(3)10-12-29/h5-8,13-15,17,26H,9-12H2,1-4H3,(H,31,32). The first-order valence-electron chi connectivity index (χ1n) is 10.9. The van der Waals surface area contributed by atoms with Crippen molar-refractivity contribution in [3.05, 3.63) is 69.5 Å². The maximum Gasteiger partial charge on any atom is 0.337 e. The molecule has 1 fully saturated rings. The van der Waals surface area contributed by atoms with E-state index < -0.39 is 5.97 Å². The van der Waals surface area contributed by atoms with Gasteiger partial charge in [-0.3, -0.25) is 9.36 Å². The molecule has 0 radical (unpaired) electrons. The van der Waals surface area contributed by atoms with E-state index in [-0.39, 0.29) is 17.2 Å². The molecule has 0 amide bonds. The van der Waals surface area contributed by atoms with Crippen molar-refractivity contribution in [2.75, 3.05) is 43.4 Å². The van der Waals surface area contributed by atoms with E-state index in [1.165, 1.54) is 0 Å². The Balaban J connectivity index is 1.81. The lowest BCUT2D eigenvalue weighted by Gasteiger charge is -2.35. The van der Waals surface area contributed by atoms with Crippen molar-refractivity contribution in [2.45, 2.75) is 19.9 Å². The average molecular weight is 435 g/mol. The number of hydrogen-bond donors (Lipinski definition) is 2. The molecule has 4 rings (SSSR count). The first-order valence-corrected chi connectivity index (χ1v) is 10.9. The lowest BCUT2D eigenvalue weighted by Crippen LogP contribution is -2.46. The SMILES string of the molecule is Cc1cc(C(C)Nc2ccccc2C(=O)O)c2cc(N3CCN(C)CC3)n(C)c(=O)c2c1. The molecule has 3 aromatic rings. The number of aromatic nitrogens is 1. The van der Waals surface area contributed by atoms with Crippen LogP contribution >= 0.6 is 0 Å². The number of carboxylic acid groups (broad SMARTS) is 1. The number of para-hydroxylation sites is 1. The molecule has 2 heterocycles. The molecule has 7 heteroatoms. The summed E-state index contributed by atoms with van der Waals surface area (Å²) in [5.74, 6) is -0.0561. The normalized spacial score (nSPS) is 15.7. The molecule has 2 aromatic carbocycles. The summed E-state index contributed by atoms with van der Waals surface area (Å²) >= 11 is 0. The van der Waals surface area contributed by atoms with Crippen LogP contribution in [0.15, 0.2) is 47.3 Å². The number of likely N-dealkylation sites (N-methyl/N-ethyl adjacent to an activating group) is 1. The highest BCUT2D eigenvalue weighted by molar-refractivity contribution is 5.94. The molecule has 1 atom stereocenters. The zero-order valence-electron chi connectivity index (χ0n) is 19.1. The summed E-state index contributed by atoms with van der Waals surface area (Å²) < 4.78 is 1.74. The summed E-state index contributed by atoms with van der Waals surface area (Å²) in [7, 11) is 3.95. The van der Waals surface area contributed by atoms with Crippen LogP contribution in [0.3, 0.4) is 0 Å². The van der Waals surface area contributed by atoms with Crippen molar-refractivity contribution in [3.8, 4) is 0 Å². The number of carbonyl (C=O) groups is 1. The number of pyridine rings is 1. The van der Waals surface area contributed by atoms with Crippen LogP contribution in [0, 0.1) is 6.92 Å². The number of carboxylic acids is 1. The highest BCUT2D eigenvalue weighted by Gasteiger charge is 2.21. The van der Waals surface area contributed by atoms with Gasteiger partial charge in [-0.25, -0.2) is 4.79 Å². The fourth-order valence-electron chi connectivity index (χ4n) is 4.48.